The van der Waals surface area contributed by atoms with Crippen LogP contribution >= 0.6 is 35.8 Å². The van der Waals surface area contributed by atoms with Crippen LogP contribution in [0.5, 0.6) is 0 Å². The van der Waals surface area contributed by atoms with Gasteiger partial charge in [0.05, 0.1) is 12.1 Å². The van der Waals surface area contributed by atoms with E-state index in [1.54, 1.807) is 11.8 Å². The molecule has 3 N–H and O–H groups in total. The second-order valence-electron chi connectivity index (χ2n) is 5.80. The van der Waals surface area contributed by atoms with Gasteiger partial charge in [-0.3, -0.25) is 0 Å². The van der Waals surface area contributed by atoms with Crippen molar-refractivity contribution in [3.8, 4) is 0 Å². The predicted molar refractivity (Wildman–Crippen MR) is 99.5 cm³/mol. The van der Waals surface area contributed by atoms with Gasteiger partial charge in [-0.25, -0.2) is 0 Å². The number of aliphatic hydroxyl groups excluding tert-OH is 1. The minimum Gasteiger partial charge on any atom is -0.391 e. The normalized spacial score (nSPS) is 17.0. The zero-order valence-electron chi connectivity index (χ0n) is 12.7. The summed E-state index contributed by atoms with van der Waals surface area (Å²) in [6, 6.07) is 15.5. The van der Waals surface area contributed by atoms with Crippen LogP contribution in [0.4, 0.5) is 0 Å². The van der Waals surface area contributed by atoms with Crippen molar-refractivity contribution < 1.29 is 5.11 Å². The van der Waals surface area contributed by atoms with Crippen molar-refractivity contribution in [3.05, 3.63) is 59.1 Å². The summed E-state index contributed by atoms with van der Waals surface area (Å²) in [5.74, 6) is 0.351. The Bertz CT molecular complexity index is 631. The summed E-state index contributed by atoms with van der Waals surface area (Å²) in [7, 11) is 0. The molecule has 0 bridgehead atoms. The van der Waals surface area contributed by atoms with Gasteiger partial charge in [0.25, 0.3) is 0 Å². The fourth-order valence-corrected chi connectivity index (χ4v) is 3.86. The molecule has 5 heteroatoms. The van der Waals surface area contributed by atoms with Crippen LogP contribution in [-0.2, 0) is 0 Å². The molecule has 1 aliphatic carbocycles. The van der Waals surface area contributed by atoms with E-state index in [1.165, 1.54) is 6.42 Å². The first-order valence-corrected chi connectivity index (χ1v) is 8.80. The average Bonchev–Trinajstić information content (AvgIpc) is 2.48. The molecule has 0 saturated heterocycles. The van der Waals surface area contributed by atoms with Crippen LogP contribution in [0.15, 0.2) is 58.3 Å². The molecule has 2 aromatic carbocycles. The van der Waals surface area contributed by atoms with E-state index in [2.05, 4.69) is 6.07 Å². The average molecular weight is 370 g/mol. The Morgan fingerprint density at radius 2 is 1.74 bits per heavy atom. The number of rotatable bonds is 5. The summed E-state index contributed by atoms with van der Waals surface area (Å²) in [5.41, 5.74) is 7.36. The standard InChI is InChI=1S/C18H20ClNOS.ClH/c19-13-8-10-14(11-9-13)22-16-7-2-1-6-15(16)17(20)18(21)12-4-3-5-12;/h1-2,6-12,17-18,21H,3-5,20H2;1H/t17-,18+;/m0./s1. The smallest absolute Gasteiger partial charge is 0.0761 e. The molecule has 23 heavy (non-hydrogen) atoms. The molecular weight excluding hydrogens is 349 g/mol. The molecule has 0 aliphatic heterocycles. The molecular formula is C18H21Cl2NOS. The second-order valence-corrected chi connectivity index (χ2v) is 7.35. The maximum Gasteiger partial charge on any atom is 0.0761 e. The van der Waals surface area contributed by atoms with Crippen LogP contribution in [-0.4, -0.2) is 11.2 Å². The Labute approximate surface area is 152 Å². The van der Waals surface area contributed by atoms with E-state index in [-0.39, 0.29) is 18.4 Å². The van der Waals surface area contributed by atoms with Gasteiger partial charge in [0.2, 0.25) is 0 Å². The number of hydrogen-bond acceptors (Lipinski definition) is 3. The van der Waals surface area contributed by atoms with Crippen molar-refractivity contribution in [1.82, 2.24) is 0 Å². The Balaban J connectivity index is 0.00000192. The van der Waals surface area contributed by atoms with Crippen molar-refractivity contribution in [2.24, 2.45) is 11.7 Å². The predicted octanol–water partition coefficient (Wildman–Crippen LogP) is 5.07. The van der Waals surface area contributed by atoms with Crippen molar-refractivity contribution >= 4 is 35.8 Å². The molecule has 2 atom stereocenters. The van der Waals surface area contributed by atoms with Gasteiger partial charge in [-0.2, -0.15) is 0 Å². The first-order valence-electron chi connectivity index (χ1n) is 7.61. The lowest BCUT2D eigenvalue weighted by atomic mass is 9.77. The second kappa shape index (κ2) is 8.41. The monoisotopic (exact) mass is 369 g/mol. The van der Waals surface area contributed by atoms with Gasteiger partial charge >= 0.3 is 0 Å². The van der Waals surface area contributed by atoms with Crippen molar-refractivity contribution in [2.75, 3.05) is 0 Å². The van der Waals surface area contributed by atoms with E-state index < -0.39 is 6.10 Å². The summed E-state index contributed by atoms with van der Waals surface area (Å²) >= 11 is 7.59. The molecule has 2 nitrogen and oxygen atoms in total. The zero-order chi connectivity index (χ0) is 15.5. The molecule has 1 saturated carbocycles. The molecule has 0 heterocycles. The fourth-order valence-electron chi connectivity index (χ4n) is 2.74. The van der Waals surface area contributed by atoms with Crippen LogP contribution in [0.2, 0.25) is 5.02 Å². The van der Waals surface area contributed by atoms with Gasteiger partial charge in [-0.1, -0.05) is 48.0 Å². The lowest BCUT2D eigenvalue weighted by Crippen LogP contribution is -2.36. The van der Waals surface area contributed by atoms with Gasteiger partial charge in [0, 0.05) is 14.8 Å². The molecule has 1 fully saturated rings. The number of benzene rings is 2. The summed E-state index contributed by atoms with van der Waals surface area (Å²) in [4.78, 5) is 2.21. The largest absolute Gasteiger partial charge is 0.391 e. The van der Waals surface area contributed by atoms with Crippen LogP contribution < -0.4 is 5.73 Å². The van der Waals surface area contributed by atoms with Crippen LogP contribution in [0.25, 0.3) is 0 Å². The fraction of sp³-hybridized carbons (Fsp3) is 0.333. The summed E-state index contributed by atoms with van der Waals surface area (Å²) < 4.78 is 0. The first-order chi connectivity index (χ1) is 10.6. The number of halogens is 2. The third-order valence-corrected chi connectivity index (χ3v) is 5.67. The van der Waals surface area contributed by atoms with Gasteiger partial charge in [-0.05, 0) is 54.7 Å². The number of nitrogens with two attached hydrogens (primary N) is 1. The Morgan fingerprint density at radius 1 is 1.09 bits per heavy atom. The molecule has 0 spiro atoms. The summed E-state index contributed by atoms with van der Waals surface area (Å²) in [6.07, 6.45) is 2.92. The maximum atomic E-state index is 10.5. The highest BCUT2D eigenvalue weighted by atomic mass is 35.5. The van der Waals surface area contributed by atoms with Gasteiger partial charge in [0.15, 0.2) is 0 Å². The van der Waals surface area contributed by atoms with Gasteiger partial charge in [-0.15, -0.1) is 12.4 Å². The lowest BCUT2D eigenvalue weighted by Gasteiger charge is -2.34. The van der Waals surface area contributed by atoms with Gasteiger partial charge in [0.1, 0.15) is 0 Å². The summed E-state index contributed by atoms with van der Waals surface area (Å²) in [5, 5.41) is 11.2. The van der Waals surface area contributed by atoms with Gasteiger partial charge < -0.3 is 10.8 Å². The number of hydrogen-bond donors (Lipinski definition) is 2. The third kappa shape index (κ3) is 4.43. The minimum atomic E-state index is -0.458. The molecule has 124 valence electrons. The topological polar surface area (TPSA) is 46.2 Å². The van der Waals surface area contributed by atoms with E-state index in [0.29, 0.717) is 5.92 Å². The van der Waals surface area contributed by atoms with E-state index >= 15 is 0 Å². The van der Waals surface area contributed by atoms with Crippen molar-refractivity contribution in [2.45, 2.75) is 41.2 Å². The number of aliphatic hydroxyl groups is 1. The van der Waals surface area contributed by atoms with E-state index in [1.807, 2.05) is 42.5 Å². The SMILES string of the molecule is Cl.N[C@@H](c1ccccc1Sc1ccc(Cl)cc1)[C@H](O)C1CCC1. The first kappa shape index (κ1) is 18.6. The molecule has 2 aromatic rings. The Morgan fingerprint density at radius 3 is 2.35 bits per heavy atom. The lowest BCUT2D eigenvalue weighted by molar-refractivity contribution is 0.0407. The minimum absolute atomic E-state index is 0. The molecule has 0 aromatic heterocycles. The van der Waals surface area contributed by atoms with Crippen LogP contribution in [0.1, 0.15) is 30.9 Å². The highest BCUT2D eigenvalue weighted by Gasteiger charge is 2.31. The molecule has 0 amide bonds. The van der Waals surface area contributed by atoms with Crippen molar-refractivity contribution in [1.29, 1.82) is 0 Å². The molecule has 0 radical (unpaired) electrons. The van der Waals surface area contributed by atoms with E-state index in [9.17, 15) is 5.11 Å². The zero-order valence-corrected chi connectivity index (χ0v) is 15.1. The van der Waals surface area contributed by atoms with Crippen molar-refractivity contribution in [3.63, 3.8) is 0 Å². The summed E-state index contributed by atoms with van der Waals surface area (Å²) in [6.45, 7) is 0. The third-order valence-electron chi connectivity index (χ3n) is 4.32. The van der Waals surface area contributed by atoms with E-state index in [0.717, 1.165) is 33.2 Å². The van der Waals surface area contributed by atoms with Crippen LogP contribution in [0.3, 0.4) is 0 Å². The maximum absolute atomic E-state index is 10.5. The Kier molecular flexibility index (Phi) is 6.81. The Hall–Kier alpha value is -0.710. The molecule has 1 aliphatic rings. The highest BCUT2D eigenvalue weighted by molar-refractivity contribution is 7.99. The van der Waals surface area contributed by atoms with Crippen LogP contribution in [0, 0.1) is 5.92 Å². The molecule has 0 unspecified atom stereocenters. The van der Waals surface area contributed by atoms with E-state index in [4.69, 9.17) is 17.3 Å². The molecule has 3 rings (SSSR count). The quantitative estimate of drug-likeness (QED) is 0.772. The highest BCUT2D eigenvalue weighted by Crippen LogP contribution is 2.38.